The number of aryl methyl sites for hydroxylation is 1. The molecule has 0 unspecified atom stereocenters. The van der Waals surface area contributed by atoms with Gasteiger partial charge in [0.1, 0.15) is 13.1 Å². The second kappa shape index (κ2) is 5.10. The summed E-state index contributed by atoms with van der Waals surface area (Å²) in [5.41, 5.74) is 0.443. The van der Waals surface area contributed by atoms with Crippen LogP contribution in [0.5, 0.6) is 0 Å². The second-order valence-corrected chi connectivity index (χ2v) is 3.28. The molecule has 0 radical (unpaired) electrons. The first kappa shape index (κ1) is 12.7. The largest absolute Gasteiger partial charge is 0.480 e. The fraction of sp³-hybridized carbons (Fsp3) is 0.333. The molecule has 17 heavy (non-hydrogen) atoms. The van der Waals surface area contributed by atoms with Crippen molar-refractivity contribution < 1.29 is 29.1 Å². The number of rotatable bonds is 5. The van der Waals surface area contributed by atoms with Gasteiger partial charge in [0.05, 0.1) is 5.69 Å². The van der Waals surface area contributed by atoms with Gasteiger partial charge in [0.25, 0.3) is 5.91 Å². The Morgan fingerprint density at radius 1 is 1.29 bits per heavy atom. The van der Waals surface area contributed by atoms with Crippen molar-refractivity contribution in [3.63, 3.8) is 0 Å². The average Bonchev–Trinajstić information content (AvgIpc) is 2.61. The van der Waals surface area contributed by atoms with Gasteiger partial charge in [-0.1, -0.05) is 5.16 Å². The molecule has 1 heterocycles. The first-order valence-electron chi connectivity index (χ1n) is 4.56. The van der Waals surface area contributed by atoms with Crippen LogP contribution < -0.4 is 0 Å². The van der Waals surface area contributed by atoms with Crippen molar-refractivity contribution in [2.45, 2.75) is 6.92 Å². The molecule has 8 heteroatoms. The standard InChI is InChI=1S/C9H10N2O6/c1-5-2-6(17-10-5)9(16)11(3-7(12)13)4-8(14)15/h2H,3-4H2,1H3,(H,12,13)(H,14,15). The third kappa shape index (κ3) is 3.59. The molecule has 0 spiro atoms. The van der Waals surface area contributed by atoms with E-state index in [2.05, 4.69) is 9.68 Å². The van der Waals surface area contributed by atoms with Crippen LogP contribution in [-0.2, 0) is 9.59 Å². The fourth-order valence-corrected chi connectivity index (χ4v) is 1.15. The number of amides is 1. The van der Waals surface area contributed by atoms with Gasteiger partial charge in [-0.3, -0.25) is 14.4 Å². The van der Waals surface area contributed by atoms with Gasteiger partial charge in [0, 0.05) is 6.07 Å². The molecule has 0 aliphatic heterocycles. The number of aliphatic carboxylic acids is 2. The lowest BCUT2D eigenvalue weighted by molar-refractivity contribution is -0.140. The van der Waals surface area contributed by atoms with Crippen LogP contribution >= 0.6 is 0 Å². The van der Waals surface area contributed by atoms with Crippen molar-refractivity contribution in [1.82, 2.24) is 10.1 Å². The molecule has 0 bridgehead atoms. The van der Waals surface area contributed by atoms with Gasteiger partial charge in [-0.05, 0) is 6.92 Å². The number of carbonyl (C=O) groups excluding carboxylic acids is 1. The Hall–Kier alpha value is -2.38. The minimum absolute atomic E-state index is 0.190. The molecule has 0 fully saturated rings. The van der Waals surface area contributed by atoms with E-state index >= 15 is 0 Å². The maximum Gasteiger partial charge on any atom is 0.323 e. The third-order valence-electron chi connectivity index (χ3n) is 1.78. The molecular formula is C9H10N2O6. The topological polar surface area (TPSA) is 121 Å². The molecule has 0 saturated carbocycles. The van der Waals surface area contributed by atoms with Crippen molar-refractivity contribution >= 4 is 17.8 Å². The number of carboxylic acid groups (broad SMARTS) is 2. The quantitative estimate of drug-likeness (QED) is 0.720. The van der Waals surface area contributed by atoms with Gasteiger partial charge in [0.2, 0.25) is 5.76 Å². The highest BCUT2D eigenvalue weighted by atomic mass is 16.5. The molecule has 0 aliphatic rings. The molecule has 0 aliphatic carbocycles. The molecule has 0 aromatic carbocycles. The Balaban J connectivity index is 2.85. The SMILES string of the molecule is Cc1cc(C(=O)N(CC(=O)O)CC(=O)O)on1. The van der Waals surface area contributed by atoms with Gasteiger partial charge < -0.3 is 19.6 Å². The van der Waals surface area contributed by atoms with Crippen LogP contribution in [0.4, 0.5) is 0 Å². The van der Waals surface area contributed by atoms with Crippen molar-refractivity contribution in [2.75, 3.05) is 13.1 Å². The van der Waals surface area contributed by atoms with E-state index in [0.717, 1.165) is 0 Å². The number of hydrogen-bond acceptors (Lipinski definition) is 5. The Morgan fingerprint density at radius 2 is 1.82 bits per heavy atom. The molecule has 1 amide bonds. The number of carboxylic acids is 2. The minimum atomic E-state index is -1.31. The van der Waals surface area contributed by atoms with E-state index in [9.17, 15) is 14.4 Å². The van der Waals surface area contributed by atoms with Crippen LogP contribution in [0.15, 0.2) is 10.6 Å². The van der Waals surface area contributed by atoms with Gasteiger partial charge in [-0.15, -0.1) is 0 Å². The number of nitrogens with zero attached hydrogens (tertiary/aromatic N) is 2. The number of hydrogen-bond donors (Lipinski definition) is 2. The molecule has 0 atom stereocenters. The normalized spacial score (nSPS) is 9.94. The average molecular weight is 242 g/mol. The van der Waals surface area contributed by atoms with Crippen molar-refractivity contribution in [3.05, 3.63) is 17.5 Å². The first-order valence-corrected chi connectivity index (χ1v) is 4.56. The maximum absolute atomic E-state index is 11.7. The number of carbonyl (C=O) groups is 3. The lowest BCUT2D eigenvalue weighted by Gasteiger charge is -2.16. The summed E-state index contributed by atoms with van der Waals surface area (Å²) in [4.78, 5) is 33.3. The summed E-state index contributed by atoms with van der Waals surface area (Å²) in [6.07, 6.45) is 0. The highest BCUT2D eigenvalue weighted by Gasteiger charge is 2.24. The predicted molar refractivity (Wildman–Crippen MR) is 52.4 cm³/mol. The van der Waals surface area contributed by atoms with E-state index in [1.165, 1.54) is 6.07 Å². The lowest BCUT2D eigenvalue weighted by atomic mass is 10.3. The summed E-state index contributed by atoms with van der Waals surface area (Å²) in [5, 5.41) is 20.6. The zero-order valence-corrected chi connectivity index (χ0v) is 8.91. The third-order valence-corrected chi connectivity index (χ3v) is 1.78. The Labute approximate surface area is 95.4 Å². The molecule has 1 aromatic heterocycles. The van der Waals surface area contributed by atoms with E-state index in [1.54, 1.807) is 6.92 Å². The molecule has 1 aromatic rings. The lowest BCUT2D eigenvalue weighted by Crippen LogP contribution is -2.39. The Bertz CT molecular complexity index is 436. The van der Waals surface area contributed by atoms with E-state index in [1.807, 2.05) is 0 Å². The van der Waals surface area contributed by atoms with Crippen molar-refractivity contribution in [1.29, 1.82) is 0 Å². The molecule has 2 N–H and O–H groups in total. The summed E-state index contributed by atoms with van der Waals surface area (Å²) >= 11 is 0. The summed E-state index contributed by atoms with van der Waals surface area (Å²) in [5.74, 6) is -3.63. The molecular weight excluding hydrogens is 232 g/mol. The maximum atomic E-state index is 11.7. The molecule has 0 saturated heterocycles. The molecule has 1 rings (SSSR count). The van der Waals surface area contributed by atoms with E-state index in [-0.39, 0.29) is 5.76 Å². The Morgan fingerprint density at radius 3 is 2.18 bits per heavy atom. The first-order chi connectivity index (χ1) is 7.90. The highest BCUT2D eigenvalue weighted by molar-refractivity contribution is 5.95. The summed E-state index contributed by atoms with van der Waals surface area (Å²) in [6, 6.07) is 1.30. The second-order valence-electron chi connectivity index (χ2n) is 3.28. The van der Waals surface area contributed by atoms with E-state index in [0.29, 0.717) is 10.6 Å². The van der Waals surface area contributed by atoms with Crippen LogP contribution in [0.1, 0.15) is 16.2 Å². The Kier molecular flexibility index (Phi) is 3.81. The predicted octanol–water partition coefficient (Wildman–Crippen LogP) is -0.406. The van der Waals surface area contributed by atoms with Gasteiger partial charge in [-0.25, -0.2) is 0 Å². The summed E-state index contributed by atoms with van der Waals surface area (Å²) < 4.78 is 4.64. The van der Waals surface area contributed by atoms with E-state index < -0.39 is 30.9 Å². The smallest absolute Gasteiger partial charge is 0.323 e. The van der Waals surface area contributed by atoms with Crippen molar-refractivity contribution in [2.24, 2.45) is 0 Å². The minimum Gasteiger partial charge on any atom is -0.480 e. The number of aromatic nitrogens is 1. The van der Waals surface area contributed by atoms with Crippen LogP contribution in [0.2, 0.25) is 0 Å². The van der Waals surface area contributed by atoms with Gasteiger partial charge in [0.15, 0.2) is 0 Å². The van der Waals surface area contributed by atoms with Crippen LogP contribution in [0.3, 0.4) is 0 Å². The molecule has 8 nitrogen and oxygen atoms in total. The highest BCUT2D eigenvalue weighted by Crippen LogP contribution is 2.06. The monoisotopic (exact) mass is 242 g/mol. The molecule has 92 valence electrons. The van der Waals surface area contributed by atoms with Gasteiger partial charge in [-0.2, -0.15) is 0 Å². The summed E-state index contributed by atoms with van der Waals surface area (Å²) in [7, 11) is 0. The zero-order valence-electron chi connectivity index (χ0n) is 8.91. The summed E-state index contributed by atoms with van der Waals surface area (Å²) in [6.45, 7) is 0.148. The van der Waals surface area contributed by atoms with Crippen molar-refractivity contribution in [3.8, 4) is 0 Å². The van der Waals surface area contributed by atoms with Crippen LogP contribution in [0.25, 0.3) is 0 Å². The zero-order chi connectivity index (χ0) is 13.0. The van der Waals surface area contributed by atoms with Crippen LogP contribution in [0, 0.1) is 6.92 Å². The fourth-order valence-electron chi connectivity index (χ4n) is 1.15. The van der Waals surface area contributed by atoms with E-state index in [4.69, 9.17) is 10.2 Å². The van der Waals surface area contributed by atoms with Gasteiger partial charge >= 0.3 is 11.9 Å². The van der Waals surface area contributed by atoms with Crippen LogP contribution in [-0.4, -0.2) is 51.2 Å².